The summed E-state index contributed by atoms with van der Waals surface area (Å²) in [7, 11) is 0. The fraction of sp³-hybridized carbons (Fsp3) is 0.522. The van der Waals surface area contributed by atoms with Gasteiger partial charge in [0, 0.05) is 44.4 Å². The van der Waals surface area contributed by atoms with Crippen LogP contribution in [0.4, 0.5) is 10.6 Å². The van der Waals surface area contributed by atoms with Crippen LogP contribution in [-0.4, -0.2) is 64.6 Å². The molecule has 2 amide bonds. The van der Waals surface area contributed by atoms with Crippen molar-refractivity contribution in [1.82, 2.24) is 25.2 Å². The van der Waals surface area contributed by atoms with E-state index >= 15 is 0 Å². The zero-order valence-corrected chi connectivity index (χ0v) is 18.7. The normalized spacial score (nSPS) is 16.4. The third-order valence-corrected chi connectivity index (χ3v) is 5.96. The topological polar surface area (TPSA) is 101 Å². The van der Waals surface area contributed by atoms with E-state index < -0.39 is 0 Å². The first-order chi connectivity index (χ1) is 15.6. The molecule has 0 bridgehead atoms. The number of rotatable bonds is 5. The van der Waals surface area contributed by atoms with E-state index in [1.165, 1.54) is 0 Å². The van der Waals surface area contributed by atoms with Crippen molar-refractivity contribution in [2.75, 3.05) is 37.7 Å². The lowest BCUT2D eigenvalue weighted by atomic mass is 9.96. The molecule has 9 nitrogen and oxygen atoms in total. The highest BCUT2D eigenvalue weighted by atomic mass is 16.5. The maximum absolute atomic E-state index is 12.5. The first-order valence-electron chi connectivity index (χ1n) is 11.4. The molecule has 0 unspecified atom stereocenters. The molecule has 0 atom stereocenters. The second kappa shape index (κ2) is 9.93. The van der Waals surface area contributed by atoms with E-state index in [4.69, 9.17) is 14.7 Å². The third kappa shape index (κ3) is 4.66. The Hall–Kier alpha value is -3.23. The van der Waals surface area contributed by atoms with Gasteiger partial charge >= 0.3 is 12.0 Å². The van der Waals surface area contributed by atoms with Gasteiger partial charge < -0.3 is 19.9 Å². The monoisotopic (exact) mass is 438 g/mol. The first-order valence-corrected chi connectivity index (χ1v) is 11.4. The predicted molar refractivity (Wildman–Crippen MR) is 120 cm³/mol. The lowest BCUT2D eigenvalue weighted by Gasteiger charge is -2.36. The van der Waals surface area contributed by atoms with E-state index in [9.17, 15) is 9.59 Å². The Labute approximate surface area is 188 Å². The smallest absolute Gasteiger partial charge is 0.317 e. The van der Waals surface area contributed by atoms with Gasteiger partial charge in [-0.3, -0.25) is 9.78 Å². The summed E-state index contributed by atoms with van der Waals surface area (Å²) in [5.74, 6) is 1.24. The lowest BCUT2D eigenvalue weighted by Crippen LogP contribution is -2.44. The number of nitrogens with one attached hydrogen (secondary N) is 1. The minimum absolute atomic E-state index is 0.0704. The highest BCUT2D eigenvalue weighted by molar-refractivity contribution is 5.75. The number of hydrogen-bond donors (Lipinski definition) is 1. The highest BCUT2D eigenvalue weighted by Gasteiger charge is 2.31. The Morgan fingerprint density at radius 2 is 1.97 bits per heavy atom. The maximum Gasteiger partial charge on any atom is 0.317 e. The summed E-state index contributed by atoms with van der Waals surface area (Å²) < 4.78 is 5.21. The number of nitrogens with zero attached hydrogens (tertiary/aromatic N) is 5. The minimum Gasteiger partial charge on any atom is -0.466 e. The maximum atomic E-state index is 12.5. The molecule has 32 heavy (non-hydrogen) atoms. The molecule has 1 fully saturated rings. The lowest BCUT2D eigenvalue weighted by molar-refractivity contribution is -0.148. The number of pyridine rings is 1. The molecule has 4 heterocycles. The van der Waals surface area contributed by atoms with Gasteiger partial charge in [-0.1, -0.05) is 6.07 Å². The van der Waals surface area contributed by atoms with Crippen LogP contribution in [0.5, 0.6) is 0 Å². The molecule has 1 saturated heterocycles. The summed E-state index contributed by atoms with van der Waals surface area (Å²) in [4.78, 5) is 42.8. The van der Waals surface area contributed by atoms with E-state index in [0.29, 0.717) is 51.6 Å². The molecule has 2 aromatic rings. The Balaban J connectivity index is 1.64. The zero-order chi connectivity index (χ0) is 22.5. The number of aromatic nitrogens is 3. The predicted octanol–water partition coefficient (Wildman–Crippen LogP) is 2.41. The summed E-state index contributed by atoms with van der Waals surface area (Å²) in [6.45, 7) is 7.23. The van der Waals surface area contributed by atoms with E-state index in [1.54, 1.807) is 6.20 Å². The van der Waals surface area contributed by atoms with Crippen LogP contribution >= 0.6 is 0 Å². The van der Waals surface area contributed by atoms with Gasteiger partial charge in [-0.25, -0.2) is 14.8 Å². The van der Waals surface area contributed by atoms with Crippen molar-refractivity contribution < 1.29 is 14.3 Å². The summed E-state index contributed by atoms with van der Waals surface area (Å²) >= 11 is 0. The Morgan fingerprint density at radius 3 is 2.66 bits per heavy atom. The van der Waals surface area contributed by atoms with E-state index in [2.05, 4.69) is 15.2 Å². The number of hydrogen-bond acceptors (Lipinski definition) is 7. The van der Waals surface area contributed by atoms with Crippen LogP contribution < -0.4 is 10.2 Å². The fourth-order valence-electron chi connectivity index (χ4n) is 4.29. The summed E-state index contributed by atoms with van der Waals surface area (Å²) in [6, 6.07) is 5.63. The number of carbonyl (C=O) groups is 2. The summed E-state index contributed by atoms with van der Waals surface area (Å²) in [5.41, 5.74) is 2.67. The van der Waals surface area contributed by atoms with Crippen molar-refractivity contribution >= 4 is 17.8 Å². The molecule has 2 aliphatic heterocycles. The molecule has 1 N–H and O–H groups in total. The van der Waals surface area contributed by atoms with Crippen LogP contribution in [0.25, 0.3) is 11.5 Å². The molecule has 0 spiro atoms. The van der Waals surface area contributed by atoms with Crippen molar-refractivity contribution in [1.29, 1.82) is 0 Å². The van der Waals surface area contributed by atoms with Crippen molar-refractivity contribution in [2.24, 2.45) is 5.92 Å². The van der Waals surface area contributed by atoms with Crippen LogP contribution in [0.3, 0.4) is 0 Å². The molecule has 0 radical (unpaired) electrons. The second-order valence-corrected chi connectivity index (χ2v) is 8.03. The average molecular weight is 439 g/mol. The number of amides is 2. The second-order valence-electron chi connectivity index (χ2n) is 8.03. The van der Waals surface area contributed by atoms with Crippen molar-refractivity contribution in [3.8, 4) is 11.5 Å². The van der Waals surface area contributed by atoms with Crippen molar-refractivity contribution in [3.63, 3.8) is 0 Å². The summed E-state index contributed by atoms with van der Waals surface area (Å²) in [5, 5.41) is 2.88. The van der Waals surface area contributed by atoms with Gasteiger partial charge in [-0.15, -0.1) is 0 Å². The molecule has 9 heteroatoms. The van der Waals surface area contributed by atoms with Crippen LogP contribution in [0.1, 0.15) is 37.9 Å². The number of urea groups is 1. The van der Waals surface area contributed by atoms with Gasteiger partial charge in [-0.2, -0.15) is 0 Å². The summed E-state index contributed by atoms with van der Waals surface area (Å²) in [6.07, 6.45) is 3.84. The van der Waals surface area contributed by atoms with Crippen LogP contribution in [0, 0.1) is 5.92 Å². The van der Waals surface area contributed by atoms with Crippen LogP contribution in [0.15, 0.2) is 24.4 Å². The minimum atomic E-state index is -0.117. The van der Waals surface area contributed by atoms with E-state index in [-0.39, 0.29) is 17.9 Å². The van der Waals surface area contributed by atoms with Gasteiger partial charge in [-0.05, 0) is 38.8 Å². The van der Waals surface area contributed by atoms with Crippen LogP contribution in [-0.2, 0) is 22.5 Å². The number of carbonyl (C=O) groups excluding carboxylic acids is 2. The molecule has 0 aromatic carbocycles. The van der Waals surface area contributed by atoms with Crippen LogP contribution in [0.2, 0.25) is 0 Å². The highest BCUT2D eigenvalue weighted by Crippen LogP contribution is 2.32. The number of ether oxygens (including phenoxy) is 1. The fourth-order valence-corrected chi connectivity index (χ4v) is 4.29. The molecule has 2 aliphatic rings. The van der Waals surface area contributed by atoms with Gasteiger partial charge in [0.1, 0.15) is 11.5 Å². The van der Waals surface area contributed by atoms with E-state index in [1.807, 2.05) is 36.9 Å². The number of anilines is 1. The van der Waals surface area contributed by atoms with Crippen molar-refractivity contribution in [3.05, 3.63) is 35.7 Å². The van der Waals surface area contributed by atoms with Gasteiger partial charge in [0.15, 0.2) is 5.82 Å². The van der Waals surface area contributed by atoms with Gasteiger partial charge in [0.25, 0.3) is 0 Å². The molecule has 170 valence electrons. The molecule has 0 saturated carbocycles. The largest absolute Gasteiger partial charge is 0.466 e. The Kier molecular flexibility index (Phi) is 6.82. The number of piperidine rings is 1. The third-order valence-electron chi connectivity index (χ3n) is 5.96. The average Bonchev–Trinajstić information content (AvgIpc) is 2.84. The first kappa shape index (κ1) is 22.0. The molecule has 2 aromatic heterocycles. The zero-order valence-electron chi connectivity index (χ0n) is 18.7. The van der Waals surface area contributed by atoms with Crippen molar-refractivity contribution in [2.45, 2.75) is 39.7 Å². The SMILES string of the molecule is CCNC(=O)N1CCc2nc(-c3ccccn3)nc(N3CCC(C(=O)OCC)CC3)c2C1. The Morgan fingerprint density at radius 1 is 1.16 bits per heavy atom. The van der Waals surface area contributed by atoms with Gasteiger partial charge in [0.2, 0.25) is 0 Å². The number of esters is 1. The molecular weight excluding hydrogens is 408 g/mol. The number of fused-ring (bicyclic) bond motifs is 1. The molecule has 4 rings (SSSR count). The molecular formula is C23H30N6O3. The van der Waals surface area contributed by atoms with Gasteiger partial charge in [0.05, 0.1) is 24.8 Å². The van der Waals surface area contributed by atoms with E-state index in [0.717, 1.165) is 35.6 Å². The standard InChI is InChI=1S/C23H30N6O3/c1-3-24-23(31)29-14-10-18-17(15-29)21(27-20(26-18)19-7-5-6-11-25-19)28-12-8-16(9-13-28)22(30)32-4-2/h5-7,11,16H,3-4,8-10,12-15H2,1-2H3,(H,24,31). The molecule has 0 aliphatic carbocycles. The Bertz CT molecular complexity index is 960. The quantitative estimate of drug-likeness (QED) is 0.716.